The second kappa shape index (κ2) is 6.16. The first kappa shape index (κ1) is 17.4. The van der Waals surface area contributed by atoms with E-state index >= 15 is 0 Å². The predicted octanol–water partition coefficient (Wildman–Crippen LogP) is 2.77. The predicted molar refractivity (Wildman–Crippen MR) is 92.1 cm³/mol. The van der Waals surface area contributed by atoms with Gasteiger partial charge in [0.1, 0.15) is 6.61 Å². The molecule has 0 bridgehead atoms. The molecule has 2 aliphatic carbocycles. The molecule has 4 nitrogen and oxygen atoms in total. The number of aliphatic hydroxyl groups excluding tert-OH is 2. The van der Waals surface area contributed by atoms with Crippen molar-refractivity contribution in [3.8, 4) is 0 Å². The number of hydrogen-bond acceptors (Lipinski definition) is 4. The number of allylic oxidation sites excluding steroid dienone is 2. The Kier molecular flexibility index (Phi) is 4.47. The summed E-state index contributed by atoms with van der Waals surface area (Å²) in [4.78, 5) is 11.2. The Balaban J connectivity index is 1.91. The highest BCUT2D eigenvalue weighted by molar-refractivity contribution is 5.85. The van der Waals surface area contributed by atoms with Crippen molar-refractivity contribution in [2.24, 2.45) is 22.7 Å². The average Bonchev–Trinajstić information content (AvgIpc) is 2.96. The van der Waals surface area contributed by atoms with Crippen molar-refractivity contribution in [3.63, 3.8) is 0 Å². The van der Waals surface area contributed by atoms with E-state index in [4.69, 9.17) is 4.74 Å². The lowest BCUT2D eigenvalue weighted by Crippen LogP contribution is -2.57. The molecule has 0 unspecified atom stereocenters. The maximum Gasteiger partial charge on any atom is 0.331 e. The lowest BCUT2D eigenvalue weighted by atomic mass is 9.46. The van der Waals surface area contributed by atoms with Gasteiger partial charge in [-0.25, -0.2) is 4.79 Å². The Morgan fingerprint density at radius 1 is 1.42 bits per heavy atom. The molecule has 5 atom stereocenters. The van der Waals surface area contributed by atoms with Crippen LogP contribution in [0.25, 0.3) is 0 Å². The standard InChI is InChI=1S/C20H28O4/c1-13-4-7-16-19(2,9-8-17(22)20(16,3)12-21)15(13)6-5-14-10-18(23)24-11-14/h5-6,10,15-17,21-22H,1,4,7-9,11-12H2,2-3H3/b6-5+/t15-,16+,17-,19+,20+/m1/s1. The Labute approximate surface area is 143 Å². The third-order valence-corrected chi connectivity index (χ3v) is 6.74. The first-order valence-electron chi connectivity index (χ1n) is 8.83. The molecule has 2 saturated carbocycles. The van der Waals surface area contributed by atoms with Crippen molar-refractivity contribution in [2.45, 2.75) is 45.6 Å². The maximum atomic E-state index is 11.2. The Bertz CT molecular complexity index is 605. The van der Waals surface area contributed by atoms with Crippen LogP contribution in [0.2, 0.25) is 0 Å². The SMILES string of the molecule is C=C1CC[C@@H]2[C@](C)(CO)[C@H](O)CC[C@@]2(C)[C@@H]1/C=C/C1=CC(=O)OC1. The molecule has 3 aliphatic rings. The summed E-state index contributed by atoms with van der Waals surface area (Å²) in [7, 11) is 0. The molecule has 0 amide bonds. The van der Waals surface area contributed by atoms with E-state index in [-0.39, 0.29) is 29.8 Å². The van der Waals surface area contributed by atoms with Gasteiger partial charge in [-0.15, -0.1) is 0 Å². The van der Waals surface area contributed by atoms with E-state index < -0.39 is 11.5 Å². The van der Waals surface area contributed by atoms with Gasteiger partial charge in [0.05, 0.1) is 12.7 Å². The van der Waals surface area contributed by atoms with Crippen LogP contribution in [0, 0.1) is 22.7 Å². The van der Waals surface area contributed by atoms with Crippen molar-refractivity contribution in [1.82, 2.24) is 0 Å². The number of carbonyl (C=O) groups excluding carboxylic acids is 1. The van der Waals surface area contributed by atoms with E-state index in [1.54, 1.807) is 0 Å². The molecule has 4 heteroatoms. The summed E-state index contributed by atoms with van der Waals surface area (Å²) in [5.41, 5.74) is 1.59. The number of fused-ring (bicyclic) bond motifs is 1. The molecule has 132 valence electrons. The van der Waals surface area contributed by atoms with Crippen LogP contribution in [-0.2, 0) is 9.53 Å². The summed E-state index contributed by atoms with van der Waals surface area (Å²) in [6.07, 6.45) is 8.69. The number of cyclic esters (lactones) is 1. The summed E-state index contributed by atoms with van der Waals surface area (Å²) in [5.74, 6) is 0.149. The van der Waals surface area contributed by atoms with Gasteiger partial charge < -0.3 is 14.9 Å². The summed E-state index contributed by atoms with van der Waals surface area (Å²) < 4.78 is 4.96. The van der Waals surface area contributed by atoms with Gasteiger partial charge in [-0.3, -0.25) is 0 Å². The van der Waals surface area contributed by atoms with E-state index in [1.165, 1.54) is 11.6 Å². The molecule has 0 spiro atoms. The topological polar surface area (TPSA) is 66.8 Å². The Hall–Kier alpha value is -1.39. The largest absolute Gasteiger partial charge is 0.458 e. The normalized spacial score (nSPS) is 42.8. The van der Waals surface area contributed by atoms with Crippen LogP contribution in [-0.4, -0.2) is 35.5 Å². The fourth-order valence-corrected chi connectivity index (χ4v) is 5.20. The highest BCUT2D eigenvalue weighted by Crippen LogP contribution is 2.61. The van der Waals surface area contributed by atoms with E-state index in [0.29, 0.717) is 13.0 Å². The fraction of sp³-hybridized carbons (Fsp3) is 0.650. The first-order valence-corrected chi connectivity index (χ1v) is 8.83. The molecule has 3 rings (SSSR count). The van der Waals surface area contributed by atoms with Gasteiger partial charge in [0.25, 0.3) is 0 Å². The summed E-state index contributed by atoms with van der Waals surface area (Å²) >= 11 is 0. The Morgan fingerprint density at radius 2 is 2.17 bits per heavy atom. The van der Waals surface area contributed by atoms with Crippen molar-refractivity contribution in [1.29, 1.82) is 0 Å². The molecule has 0 saturated heterocycles. The van der Waals surface area contributed by atoms with E-state index in [9.17, 15) is 15.0 Å². The van der Waals surface area contributed by atoms with Gasteiger partial charge in [-0.05, 0) is 42.6 Å². The average molecular weight is 332 g/mol. The molecular formula is C20H28O4. The van der Waals surface area contributed by atoms with E-state index in [1.807, 2.05) is 13.0 Å². The van der Waals surface area contributed by atoms with Gasteiger partial charge in [0.2, 0.25) is 0 Å². The van der Waals surface area contributed by atoms with Crippen molar-refractivity contribution in [3.05, 3.63) is 36.0 Å². The molecule has 0 aromatic rings. The highest BCUT2D eigenvalue weighted by atomic mass is 16.5. The van der Waals surface area contributed by atoms with Crippen LogP contribution in [0.4, 0.5) is 0 Å². The van der Waals surface area contributed by atoms with Crippen LogP contribution in [0.3, 0.4) is 0 Å². The zero-order valence-corrected chi connectivity index (χ0v) is 14.6. The van der Waals surface area contributed by atoms with Gasteiger partial charge in [-0.2, -0.15) is 0 Å². The summed E-state index contributed by atoms with van der Waals surface area (Å²) in [6.45, 7) is 8.91. The fourth-order valence-electron chi connectivity index (χ4n) is 5.20. The third-order valence-electron chi connectivity index (χ3n) is 6.74. The molecule has 0 aromatic heterocycles. The molecule has 2 N–H and O–H groups in total. The minimum absolute atomic E-state index is 0.00479. The van der Waals surface area contributed by atoms with E-state index in [0.717, 1.165) is 24.8 Å². The van der Waals surface area contributed by atoms with E-state index in [2.05, 4.69) is 19.6 Å². The number of carbonyl (C=O) groups is 1. The van der Waals surface area contributed by atoms with Gasteiger partial charge in [0, 0.05) is 17.4 Å². The number of aliphatic hydroxyl groups is 2. The van der Waals surface area contributed by atoms with Crippen LogP contribution in [0.5, 0.6) is 0 Å². The number of hydrogen-bond donors (Lipinski definition) is 2. The van der Waals surface area contributed by atoms with Crippen molar-refractivity contribution < 1.29 is 19.7 Å². The summed E-state index contributed by atoms with van der Waals surface area (Å²) in [5, 5.41) is 20.5. The number of ether oxygens (including phenoxy) is 1. The smallest absolute Gasteiger partial charge is 0.331 e. The quantitative estimate of drug-likeness (QED) is 0.616. The second-order valence-electron chi connectivity index (χ2n) is 8.14. The van der Waals surface area contributed by atoms with Crippen LogP contribution in [0.1, 0.15) is 39.5 Å². The third kappa shape index (κ3) is 2.66. The summed E-state index contributed by atoms with van der Waals surface area (Å²) in [6, 6.07) is 0. The maximum absolute atomic E-state index is 11.2. The lowest BCUT2D eigenvalue weighted by Gasteiger charge is -2.59. The monoisotopic (exact) mass is 332 g/mol. The van der Waals surface area contributed by atoms with Gasteiger partial charge in [-0.1, -0.05) is 38.2 Å². The van der Waals surface area contributed by atoms with Crippen molar-refractivity contribution in [2.75, 3.05) is 13.2 Å². The molecule has 1 aliphatic heterocycles. The molecular weight excluding hydrogens is 304 g/mol. The highest BCUT2D eigenvalue weighted by Gasteiger charge is 2.57. The first-order chi connectivity index (χ1) is 11.3. The van der Waals surface area contributed by atoms with Crippen LogP contribution >= 0.6 is 0 Å². The lowest BCUT2D eigenvalue weighted by molar-refractivity contribution is -0.145. The minimum Gasteiger partial charge on any atom is -0.458 e. The van der Waals surface area contributed by atoms with Crippen molar-refractivity contribution >= 4 is 5.97 Å². The number of rotatable bonds is 3. The second-order valence-corrected chi connectivity index (χ2v) is 8.14. The number of esters is 1. The molecule has 0 aromatic carbocycles. The molecule has 1 heterocycles. The zero-order chi connectivity index (χ0) is 17.5. The van der Waals surface area contributed by atoms with Gasteiger partial charge >= 0.3 is 5.97 Å². The Morgan fingerprint density at radius 3 is 2.79 bits per heavy atom. The van der Waals surface area contributed by atoms with Crippen LogP contribution in [0.15, 0.2) is 36.0 Å². The van der Waals surface area contributed by atoms with Gasteiger partial charge in [0.15, 0.2) is 0 Å². The molecule has 2 fully saturated rings. The van der Waals surface area contributed by atoms with Crippen LogP contribution < -0.4 is 0 Å². The molecule has 0 radical (unpaired) electrons. The molecule has 24 heavy (non-hydrogen) atoms. The minimum atomic E-state index is -0.467. The zero-order valence-electron chi connectivity index (χ0n) is 14.6.